The van der Waals surface area contributed by atoms with E-state index in [9.17, 15) is 5.11 Å². The number of benzene rings is 1. The lowest BCUT2D eigenvalue weighted by Crippen LogP contribution is -2.37. The molecule has 2 aromatic rings. The summed E-state index contributed by atoms with van der Waals surface area (Å²) < 4.78 is 2.16. The topological polar surface area (TPSA) is 37.2 Å². The van der Waals surface area contributed by atoms with Gasteiger partial charge in [-0.25, -0.2) is 0 Å². The fraction of sp³-hybridized carbons (Fsp3) is 0.500. The molecule has 1 aliphatic rings. The molecule has 0 atom stereocenters. The molecule has 0 saturated heterocycles. The molecule has 1 aliphatic carbocycles. The van der Waals surface area contributed by atoms with E-state index in [1.807, 2.05) is 0 Å². The highest BCUT2D eigenvalue weighted by Crippen LogP contribution is 2.28. The van der Waals surface area contributed by atoms with Crippen molar-refractivity contribution in [2.45, 2.75) is 37.8 Å². The number of aryl methyl sites for hydroxylation is 1. The maximum Gasteiger partial charge on any atom is 0.0771 e. The van der Waals surface area contributed by atoms with Crippen molar-refractivity contribution in [3.8, 4) is 0 Å². The quantitative estimate of drug-likeness (QED) is 0.884. The molecule has 3 nitrogen and oxygen atoms in total. The normalized spacial score (nSPS) is 18.2. The van der Waals surface area contributed by atoms with Crippen molar-refractivity contribution < 1.29 is 5.11 Å². The Morgan fingerprint density at radius 2 is 2.00 bits per heavy atom. The molecule has 0 amide bonds. The van der Waals surface area contributed by atoms with Gasteiger partial charge in [0.2, 0.25) is 0 Å². The summed E-state index contributed by atoms with van der Waals surface area (Å²) in [5, 5.41) is 15.0. The molecule has 1 fully saturated rings. The Morgan fingerprint density at radius 1 is 1.26 bits per heavy atom. The van der Waals surface area contributed by atoms with Crippen LogP contribution in [0.4, 0.5) is 0 Å². The molecule has 2 N–H and O–H groups in total. The minimum atomic E-state index is -0.468. The van der Waals surface area contributed by atoms with Gasteiger partial charge in [-0.1, -0.05) is 31.0 Å². The van der Waals surface area contributed by atoms with Crippen LogP contribution in [0, 0.1) is 0 Å². The van der Waals surface area contributed by atoms with Crippen molar-refractivity contribution in [3.63, 3.8) is 0 Å². The fourth-order valence-electron chi connectivity index (χ4n) is 3.21. The van der Waals surface area contributed by atoms with Crippen molar-refractivity contribution >= 4 is 10.9 Å². The van der Waals surface area contributed by atoms with Crippen LogP contribution >= 0.6 is 0 Å². The van der Waals surface area contributed by atoms with E-state index in [2.05, 4.69) is 47.4 Å². The summed E-state index contributed by atoms with van der Waals surface area (Å²) in [5.74, 6) is 0. The Morgan fingerprint density at radius 3 is 2.79 bits per heavy atom. The summed E-state index contributed by atoms with van der Waals surface area (Å²) >= 11 is 0. The Bertz CT molecular complexity index is 567. The molecule has 19 heavy (non-hydrogen) atoms. The van der Waals surface area contributed by atoms with Gasteiger partial charge in [-0.3, -0.25) is 0 Å². The van der Waals surface area contributed by atoms with Gasteiger partial charge in [-0.05, 0) is 24.5 Å². The summed E-state index contributed by atoms with van der Waals surface area (Å²) in [6, 6.07) is 8.46. The molecule has 0 bridgehead atoms. The molecule has 1 saturated carbocycles. The monoisotopic (exact) mass is 258 g/mol. The van der Waals surface area contributed by atoms with Crippen molar-refractivity contribution in [1.29, 1.82) is 0 Å². The van der Waals surface area contributed by atoms with Crippen LogP contribution in [0.15, 0.2) is 30.5 Å². The second-order valence-electron chi connectivity index (χ2n) is 5.82. The highest BCUT2D eigenvalue weighted by molar-refractivity contribution is 5.83. The van der Waals surface area contributed by atoms with Crippen LogP contribution in [0.1, 0.15) is 31.2 Å². The second-order valence-corrected chi connectivity index (χ2v) is 5.82. The molecular formula is C16H22N2O. The first-order valence-corrected chi connectivity index (χ1v) is 7.14. The molecule has 1 aromatic heterocycles. The van der Waals surface area contributed by atoms with E-state index in [4.69, 9.17) is 0 Å². The number of nitrogens with one attached hydrogen (secondary N) is 1. The van der Waals surface area contributed by atoms with Crippen molar-refractivity contribution in [1.82, 2.24) is 9.88 Å². The third-order valence-corrected chi connectivity index (χ3v) is 4.28. The van der Waals surface area contributed by atoms with Crippen LogP contribution in [0.3, 0.4) is 0 Å². The fourth-order valence-corrected chi connectivity index (χ4v) is 3.21. The summed E-state index contributed by atoms with van der Waals surface area (Å²) in [7, 11) is 2.08. The first-order chi connectivity index (χ1) is 9.18. The van der Waals surface area contributed by atoms with E-state index in [-0.39, 0.29) is 0 Å². The molecule has 0 spiro atoms. The maximum absolute atomic E-state index is 10.3. The summed E-state index contributed by atoms with van der Waals surface area (Å²) in [5.41, 5.74) is 2.10. The van der Waals surface area contributed by atoms with E-state index in [1.165, 1.54) is 16.5 Å². The number of aromatic nitrogens is 1. The van der Waals surface area contributed by atoms with Crippen LogP contribution in [0.25, 0.3) is 10.9 Å². The average molecular weight is 258 g/mol. The van der Waals surface area contributed by atoms with Gasteiger partial charge < -0.3 is 15.0 Å². The van der Waals surface area contributed by atoms with Gasteiger partial charge in [0.15, 0.2) is 0 Å². The molecule has 102 valence electrons. The maximum atomic E-state index is 10.3. The number of hydrogen-bond donors (Lipinski definition) is 2. The number of para-hydroxylation sites is 1. The molecule has 3 heteroatoms. The smallest absolute Gasteiger partial charge is 0.0771 e. The number of nitrogens with zero attached hydrogens (tertiary/aromatic N) is 1. The predicted molar refractivity (Wildman–Crippen MR) is 78.0 cm³/mol. The lowest BCUT2D eigenvalue weighted by Gasteiger charge is -2.22. The van der Waals surface area contributed by atoms with Crippen molar-refractivity contribution in [2.24, 2.45) is 7.05 Å². The largest absolute Gasteiger partial charge is 0.389 e. The van der Waals surface area contributed by atoms with Gasteiger partial charge in [-0.15, -0.1) is 0 Å². The number of rotatable bonds is 4. The zero-order chi connectivity index (χ0) is 13.3. The first-order valence-electron chi connectivity index (χ1n) is 7.14. The van der Waals surface area contributed by atoms with Crippen LogP contribution in [-0.4, -0.2) is 21.8 Å². The molecule has 0 unspecified atom stereocenters. The second kappa shape index (κ2) is 4.99. The average Bonchev–Trinajstić information content (AvgIpc) is 2.96. The molecular weight excluding hydrogens is 236 g/mol. The summed E-state index contributed by atoms with van der Waals surface area (Å²) in [4.78, 5) is 0. The van der Waals surface area contributed by atoms with Crippen molar-refractivity contribution in [3.05, 3.63) is 36.0 Å². The number of hydrogen-bond acceptors (Lipinski definition) is 2. The van der Waals surface area contributed by atoms with E-state index < -0.39 is 5.60 Å². The van der Waals surface area contributed by atoms with Gasteiger partial charge in [0.05, 0.1) is 5.60 Å². The van der Waals surface area contributed by atoms with Gasteiger partial charge in [0.1, 0.15) is 0 Å². The summed E-state index contributed by atoms with van der Waals surface area (Å²) in [6.07, 6.45) is 6.38. The Labute approximate surface area is 114 Å². The van der Waals surface area contributed by atoms with Gasteiger partial charge in [0.25, 0.3) is 0 Å². The van der Waals surface area contributed by atoms with Crippen LogP contribution in [-0.2, 0) is 13.6 Å². The first kappa shape index (κ1) is 12.7. The lowest BCUT2D eigenvalue weighted by molar-refractivity contribution is 0.0475. The zero-order valence-electron chi connectivity index (χ0n) is 11.5. The van der Waals surface area contributed by atoms with Crippen LogP contribution in [0.2, 0.25) is 0 Å². The third-order valence-electron chi connectivity index (χ3n) is 4.28. The minimum Gasteiger partial charge on any atom is -0.389 e. The lowest BCUT2D eigenvalue weighted by atomic mass is 10.0. The van der Waals surface area contributed by atoms with Gasteiger partial charge in [-0.2, -0.15) is 0 Å². The molecule has 1 heterocycles. The van der Waals surface area contributed by atoms with Crippen LogP contribution in [0.5, 0.6) is 0 Å². The number of aliphatic hydroxyl groups is 1. The zero-order valence-corrected chi connectivity index (χ0v) is 11.5. The van der Waals surface area contributed by atoms with E-state index in [1.54, 1.807) is 0 Å². The summed E-state index contributed by atoms with van der Waals surface area (Å²) in [6.45, 7) is 1.53. The van der Waals surface area contributed by atoms with Gasteiger partial charge in [0, 0.05) is 37.2 Å². The Kier molecular flexibility index (Phi) is 3.33. The highest BCUT2D eigenvalue weighted by atomic mass is 16.3. The van der Waals surface area contributed by atoms with E-state index in [0.29, 0.717) is 6.54 Å². The number of fused-ring (bicyclic) bond motifs is 1. The molecule has 0 radical (unpaired) electrons. The van der Waals surface area contributed by atoms with Crippen LogP contribution < -0.4 is 5.32 Å². The van der Waals surface area contributed by atoms with Crippen molar-refractivity contribution in [2.75, 3.05) is 6.54 Å². The highest BCUT2D eigenvalue weighted by Gasteiger charge is 2.30. The Hall–Kier alpha value is -1.32. The third kappa shape index (κ3) is 2.53. The minimum absolute atomic E-state index is 0.468. The Balaban J connectivity index is 1.68. The standard InChI is InChI=1S/C16H22N2O/c1-18-11-13(14-6-2-3-7-15(14)18)10-17-12-16(19)8-4-5-9-16/h2-3,6-7,11,17,19H,4-5,8-10,12H2,1H3. The van der Waals surface area contributed by atoms with E-state index in [0.717, 1.165) is 32.2 Å². The predicted octanol–water partition coefficient (Wildman–Crippen LogP) is 2.57. The molecule has 1 aromatic carbocycles. The molecule has 3 rings (SSSR count). The van der Waals surface area contributed by atoms with E-state index >= 15 is 0 Å². The SMILES string of the molecule is Cn1cc(CNCC2(O)CCCC2)c2ccccc21. The van der Waals surface area contributed by atoms with Gasteiger partial charge >= 0.3 is 0 Å². The molecule has 0 aliphatic heterocycles.